The summed E-state index contributed by atoms with van der Waals surface area (Å²) in [4.78, 5) is 31.8. The third-order valence-corrected chi connectivity index (χ3v) is 5.41. The molecule has 2 aromatic heterocycles. The first kappa shape index (κ1) is 16.7. The lowest BCUT2D eigenvalue weighted by Crippen LogP contribution is -2.51. The van der Waals surface area contributed by atoms with Gasteiger partial charge in [0.1, 0.15) is 16.7 Å². The van der Waals surface area contributed by atoms with Crippen molar-refractivity contribution in [2.75, 3.05) is 13.6 Å². The molecule has 1 aliphatic heterocycles. The molecule has 1 saturated heterocycles. The molecule has 0 saturated carbocycles. The number of nitrogens with one attached hydrogen (secondary N) is 1. The summed E-state index contributed by atoms with van der Waals surface area (Å²) in [7, 11) is 1.61. The number of carbonyl (C=O) groups is 2. The molecule has 0 spiro atoms. The van der Waals surface area contributed by atoms with Crippen molar-refractivity contribution in [1.82, 2.24) is 15.2 Å². The van der Waals surface area contributed by atoms with E-state index < -0.39 is 6.04 Å². The van der Waals surface area contributed by atoms with Gasteiger partial charge in [0.05, 0.1) is 5.69 Å². The Kier molecular flexibility index (Phi) is 4.71. The molecule has 2 amide bonds. The van der Waals surface area contributed by atoms with Gasteiger partial charge in [0.2, 0.25) is 5.91 Å². The third kappa shape index (κ3) is 3.08. The molecule has 0 aliphatic carbocycles. The number of likely N-dealkylation sites (N-methyl/N-ethyl adjacent to an activating group) is 1. The van der Waals surface area contributed by atoms with Gasteiger partial charge in [-0.15, -0.1) is 11.3 Å². The van der Waals surface area contributed by atoms with Crippen LogP contribution in [0.25, 0.3) is 10.8 Å². The van der Waals surface area contributed by atoms with E-state index in [9.17, 15) is 9.59 Å². The lowest BCUT2D eigenvalue weighted by atomic mass is 10.0. The minimum atomic E-state index is -0.396. The Morgan fingerprint density at radius 1 is 1.33 bits per heavy atom. The lowest BCUT2D eigenvalue weighted by Gasteiger charge is -2.34. The Morgan fingerprint density at radius 3 is 2.79 bits per heavy atom. The highest BCUT2D eigenvalue weighted by Gasteiger charge is 2.33. The number of aromatic nitrogens is 1. The SMILES string of the molecule is CNC(=O)C1CCCCN1C(=O)c1sc(-c2ccc(C)o2)nc1C. The van der Waals surface area contributed by atoms with E-state index in [1.165, 1.54) is 11.3 Å². The molecule has 24 heavy (non-hydrogen) atoms. The quantitative estimate of drug-likeness (QED) is 0.926. The van der Waals surface area contributed by atoms with Gasteiger partial charge < -0.3 is 14.6 Å². The molecule has 3 rings (SSSR count). The van der Waals surface area contributed by atoms with E-state index in [2.05, 4.69) is 10.3 Å². The Labute approximate surface area is 144 Å². The molecule has 2 aromatic rings. The highest BCUT2D eigenvalue weighted by molar-refractivity contribution is 7.17. The first-order chi connectivity index (χ1) is 11.5. The van der Waals surface area contributed by atoms with E-state index in [-0.39, 0.29) is 11.8 Å². The summed E-state index contributed by atoms with van der Waals surface area (Å²) in [6.45, 7) is 4.29. The number of aryl methyl sites for hydroxylation is 2. The van der Waals surface area contributed by atoms with Crippen LogP contribution in [0.3, 0.4) is 0 Å². The molecule has 1 N–H and O–H groups in total. The minimum Gasteiger partial charge on any atom is -0.459 e. The zero-order valence-corrected chi connectivity index (χ0v) is 14.9. The molecule has 128 valence electrons. The number of thiazole rings is 1. The van der Waals surface area contributed by atoms with Crippen molar-refractivity contribution in [3.05, 3.63) is 28.5 Å². The Bertz CT molecular complexity index is 765. The monoisotopic (exact) mass is 347 g/mol. The molecule has 1 unspecified atom stereocenters. The van der Waals surface area contributed by atoms with Crippen LogP contribution in [0, 0.1) is 13.8 Å². The number of nitrogens with zero attached hydrogens (tertiary/aromatic N) is 2. The first-order valence-corrected chi connectivity index (χ1v) is 8.89. The summed E-state index contributed by atoms with van der Waals surface area (Å²) in [5.74, 6) is 1.25. The van der Waals surface area contributed by atoms with Crippen molar-refractivity contribution in [2.24, 2.45) is 0 Å². The van der Waals surface area contributed by atoms with Gasteiger partial charge in [-0.05, 0) is 45.2 Å². The van der Waals surface area contributed by atoms with E-state index in [4.69, 9.17) is 4.42 Å². The smallest absolute Gasteiger partial charge is 0.266 e. The van der Waals surface area contributed by atoms with Gasteiger partial charge in [-0.25, -0.2) is 4.98 Å². The van der Waals surface area contributed by atoms with Crippen molar-refractivity contribution in [1.29, 1.82) is 0 Å². The molecule has 6 nitrogen and oxygen atoms in total. The van der Waals surface area contributed by atoms with Crippen LogP contribution in [0.2, 0.25) is 0 Å². The number of hydrogen-bond acceptors (Lipinski definition) is 5. The standard InChI is InChI=1S/C17H21N3O3S/c1-10-7-8-13(23-10)16-19-11(2)14(24-16)17(22)20-9-5-4-6-12(20)15(21)18-3/h7-8,12H,4-6,9H2,1-3H3,(H,18,21). The maximum atomic E-state index is 13.0. The van der Waals surface area contributed by atoms with Gasteiger partial charge in [-0.3, -0.25) is 9.59 Å². The summed E-state index contributed by atoms with van der Waals surface area (Å²) in [6.07, 6.45) is 2.58. The number of amides is 2. The number of furan rings is 1. The second-order valence-electron chi connectivity index (χ2n) is 5.97. The average molecular weight is 347 g/mol. The topological polar surface area (TPSA) is 75.4 Å². The molecule has 3 heterocycles. The van der Waals surface area contributed by atoms with Crippen molar-refractivity contribution in [3.8, 4) is 10.8 Å². The number of likely N-dealkylation sites (tertiary alicyclic amines) is 1. The van der Waals surface area contributed by atoms with Crippen molar-refractivity contribution < 1.29 is 14.0 Å². The maximum absolute atomic E-state index is 13.0. The molecule has 1 atom stereocenters. The third-order valence-electron chi connectivity index (χ3n) is 4.25. The molecule has 0 aromatic carbocycles. The van der Waals surface area contributed by atoms with Crippen LogP contribution in [0.1, 0.15) is 40.4 Å². The van der Waals surface area contributed by atoms with Gasteiger partial charge >= 0.3 is 0 Å². The second-order valence-corrected chi connectivity index (χ2v) is 6.97. The van der Waals surface area contributed by atoms with E-state index in [1.807, 2.05) is 26.0 Å². The predicted molar refractivity (Wildman–Crippen MR) is 92.0 cm³/mol. The Balaban J connectivity index is 1.89. The fourth-order valence-electron chi connectivity index (χ4n) is 2.99. The minimum absolute atomic E-state index is 0.105. The Morgan fingerprint density at radius 2 is 2.12 bits per heavy atom. The largest absolute Gasteiger partial charge is 0.459 e. The number of carbonyl (C=O) groups excluding carboxylic acids is 2. The molecule has 7 heteroatoms. The van der Waals surface area contributed by atoms with Crippen LogP contribution in [0.4, 0.5) is 0 Å². The van der Waals surface area contributed by atoms with Gasteiger partial charge in [0, 0.05) is 13.6 Å². The van der Waals surface area contributed by atoms with Crippen LogP contribution < -0.4 is 5.32 Å². The molecule has 0 bridgehead atoms. The van der Waals surface area contributed by atoms with Gasteiger partial charge in [0.25, 0.3) is 5.91 Å². The van der Waals surface area contributed by atoms with E-state index >= 15 is 0 Å². The summed E-state index contributed by atoms with van der Waals surface area (Å²) in [6, 6.07) is 3.34. The first-order valence-electron chi connectivity index (χ1n) is 8.08. The average Bonchev–Trinajstić information content (AvgIpc) is 3.19. The number of rotatable bonds is 3. The fourth-order valence-corrected chi connectivity index (χ4v) is 3.98. The van der Waals surface area contributed by atoms with E-state index in [0.29, 0.717) is 34.3 Å². The van der Waals surface area contributed by atoms with Gasteiger partial charge in [-0.1, -0.05) is 0 Å². The van der Waals surface area contributed by atoms with Crippen LogP contribution >= 0.6 is 11.3 Å². The fraction of sp³-hybridized carbons (Fsp3) is 0.471. The summed E-state index contributed by atoms with van der Waals surface area (Å²) in [5.41, 5.74) is 0.676. The van der Waals surface area contributed by atoms with Crippen molar-refractivity contribution in [2.45, 2.75) is 39.2 Å². The Hall–Kier alpha value is -2.15. The highest BCUT2D eigenvalue weighted by atomic mass is 32.1. The molecule has 0 radical (unpaired) electrons. The zero-order chi connectivity index (χ0) is 17.3. The molecule has 1 fully saturated rings. The van der Waals surface area contributed by atoms with E-state index in [0.717, 1.165) is 18.6 Å². The van der Waals surface area contributed by atoms with Crippen molar-refractivity contribution in [3.63, 3.8) is 0 Å². The molecular formula is C17H21N3O3S. The van der Waals surface area contributed by atoms with Crippen molar-refractivity contribution >= 4 is 23.2 Å². The molecule has 1 aliphatic rings. The zero-order valence-electron chi connectivity index (χ0n) is 14.1. The summed E-state index contributed by atoms with van der Waals surface area (Å²) >= 11 is 1.32. The van der Waals surface area contributed by atoms with Gasteiger partial charge in [0.15, 0.2) is 10.8 Å². The van der Waals surface area contributed by atoms with Gasteiger partial charge in [-0.2, -0.15) is 0 Å². The normalized spacial score (nSPS) is 17.8. The van der Waals surface area contributed by atoms with Crippen LogP contribution in [-0.4, -0.2) is 41.3 Å². The summed E-state index contributed by atoms with van der Waals surface area (Å²) in [5, 5.41) is 3.35. The lowest BCUT2D eigenvalue weighted by molar-refractivity contribution is -0.126. The second kappa shape index (κ2) is 6.76. The van der Waals surface area contributed by atoms with E-state index in [1.54, 1.807) is 11.9 Å². The summed E-state index contributed by atoms with van der Waals surface area (Å²) < 4.78 is 5.60. The predicted octanol–water partition coefficient (Wildman–Crippen LogP) is 2.76. The van der Waals surface area contributed by atoms with Crippen LogP contribution in [0.15, 0.2) is 16.5 Å². The van der Waals surface area contributed by atoms with Crippen LogP contribution in [-0.2, 0) is 4.79 Å². The number of piperidine rings is 1. The van der Waals surface area contributed by atoms with Crippen LogP contribution in [0.5, 0.6) is 0 Å². The maximum Gasteiger partial charge on any atom is 0.266 e. The molecular weight excluding hydrogens is 326 g/mol. The number of hydrogen-bond donors (Lipinski definition) is 1. The highest BCUT2D eigenvalue weighted by Crippen LogP contribution is 2.31.